The molecule has 14 heavy (non-hydrogen) atoms. The Labute approximate surface area is 88.9 Å². The average molecular weight is 198 g/mol. The molecule has 1 fully saturated rings. The quantitative estimate of drug-likeness (QED) is 0.731. The van der Waals surface area contributed by atoms with Crippen LogP contribution in [0.2, 0.25) is 0 Å². The summed E-state index contributed by atoms with van der Waals surface area (Å²) in [5, 5.41) is 8.89. The Hall–Kier alpha value is -0.0400. The molecule has 1 aliphatic carbocycles. The fraction of sp³-hybridized carbons (Fsp3) is 1.00. The highest BCUT2D eigenvalue weighted by Crippen LogP contribution is 2.42. The predicted octanol–water partition coefficient (Wildman–Crippen LogP) is 3.61. The van der Waals surface area contributed by atoms with E-state index in [1.165, 1.54) is 32.1 Å². The molecule has 0 aliphatic heterocycles. The standard InChI is InChI=1S/C13H26O/c1-4-13(2,3)12-7-5-11(6-8-12)9-10-14/h11-12,14H,4-10H2,1-3H3/t11-,12-. The van der Waals surface area contributed by atoms with Gasteiger partial charge in [-0.1, -0.05) is 40.0 Å². The zero-order valence-electron chi connectivity index (χ0n) is 10.1. The minimum absolute atomic E-state index is 0.381. The Kier molecular flexibility index (Phi) is 4.43. The van der Waals surface area contributed by atoms with Gasteiger partial charge in [-0.05, 0) is 36.5 Å². The van der Waals surface area contributed by atoms with Gasteiger partial charge in [-0.15, -0.1) is 0 Å². The molecular weight excluding hydrogens is 172 g/mol. The van der Waals surface area contributed by atoms with Gasteiger partial charge in [0.2, 0.25) is 0 Å². The zero-order chi connectivity index (χ0) is 10.6. The second-order valence-electron chi connectivity index (χ2n) is 5.57. The van der Waals surface area contributed by atoms with E-state index in [0.717, 1.165) is 18.3 Å². The molecule has 0 unspecified atom stereocenters. The summed E-state index contributed by atoms with van der Waals surface area (Å²) in [6, 6.07) is 0. The van der Waals surface area contributed by atoms with Crippen LogP contribution in [0.1, 0.15) is 59.3 Å². The molecule has 0 bridgehead atoms. The van der Waals surface area contributed by atoms with Gasteiger partial charge in [-0.25, -0.2) is 0 Å². The first-order valence-corrected chi connectivity index (χ1v) is 6.21. The third kappa shape index (κ3) is 2.98. The average Bonchev–Trinajstić information content (AvgIpc) is 2.19. The van der Waals surface area contributed by atoms with Gasteiger partial charge >= 0.3 is 0 Å². The molecule has 1 saturated carbocycles. The second-order valence-corrected chi connectivity index (χ2v) is 5.57. The van der Waals surface area contributed by atoms with Crippen LogP contribution in [0.4, 0.5) is 0 Å². The van der Waals surface area contributed by atoms with Crippen LogP contribution in [-0.2, 0) is 0 Å². The Balaban J connectivity index is 2.35. The Morgan fingerprint density at radius 1 is 1.14 bits per heavy atom. The summed E-state index contributed by atoms with van der Waals surface area (Å²) in [5.74, 6) is 1.73. The topological polar surface area (TPSA) is 20.2 Å². The van der Waals surface area contributed by atoms with Crippen molar-refractivity contribution < 1.29 is 5.11 Å². The summed E-state index contributed by atoms with van der Waals surface area (Å²) in [6.07, 6.45) is 7.77. The van der Waals surface area contributed by atoms with Gasteiger partial charge in [0, 0.05) is 6.61 Å². The Bertz CT molecular complexity index is 155. The minimum atomic E-state index is 0.381. The van der Waals surface area contributed by atoms with Gasteiger partial charge < -0.3 is 5.11 Å². The summed E-state index contributed by atoms with van der Waals surface area (Å²) in [7, 11) is 0. The van der Waals surface area contributed by atoms with Crippen LogP contribution in [0, 0.1) is 17.3 Å². The van der Waals surface area contributed by atoms with Crippen LogP contribution < -0.4 is 0 Å². The molecule has 1 nitrogen and oxygen atoms in total. The molecule has 1 heteroatoms. The lowest BCUT2D eigenvalue weighted by Gasteiger charge is -2.38. The highest BCUT2D eigenvalue weighted by molar-refractivity contribution is 4.82. The van der Waals surface area contributed by atoms with Crippen LogP contribution in [-0.4, -0.2) is 11.7 Å². The molecule has 0 amide bonds. The lowest BCUT2D eigenvalue weighted by molar-refractivity contribution is 0.117. The first-order valence-electron chi connectivity index (χ1n) is 6.21. The lowest BCUT2D eigenvalue weighted by atomic mass is 9.67. The highest BCUT2D eigenvalue weighted by Gasteiger charge is 2.31. The van der Waals surface area contributed by atoms with E-state index in [0.29, 0.717) is 12.0 Å². The van der Waals surface area contributed by atoms with Crippen molar-refractivity contribution >= 4 is 0 Å². The monoisotopic (exact) mass is 198 g/mol. The fourth-order valence-electron chi connectivity index (χ4n) is 2.70. The van der Waals surface area contributed by atoms with Crippen molar-refractivity contribution in [1.29, 1.82) is 0 Å². The number of hydrogen-bond donors (Lipinski definition) is 1. The Morgan fingerprint density at radius 3 is 2.14 bits per heavy atom. The van der Waals surface area contributed by atoms with E-state index in [9.17, 15) is 0 Å². The first kappa shape index (κ1) is 12.0. The van der Waals surface area contributed by atoms with Crippen LogP contribution in [0.15, 0.2) is 0 Å². The van der Waals surface area contributed by atoms with Crippen molar-refractivity contribution in [2.75, 3.05) is 6.61 Å². The molecule has 1 rings (SSSR count). The lowest BCUT2D eigenvalue weighted by Crippen LogP contribution is -2.28. The number of aliphatic hydroxyl groups excluding tert-OH is 1. The summed E-state index contributed by atoms with van der Waals surface area (Å²) in [5.41, 5.74) is 0.532. The SMILES string of the molecule is CCC(C)(C)[C@H]1CC[C@H](CCO)CC1. The Morgan fingerprint density at radius 2 is 1.71 bits per heavy atom. The molecule has 0 aromatic heterocycles. The highest BCUT2D eigenvalue weighted by atomic mass is 16.3. The molecule has 0 spiro atoms. The van der Waals surface area contributed by atoms with Crippen molar-refractivity contribution in [2.45, 2.75) is 59.3 Å². The zero-order valence-corrected chi connectivity index (χ0v) is 10.1. The van der Waals surface area contributed by atoms with Crippen LogP contribution in [0.25, 0.3) is 0 Å². The van der Waals surface area contributed by atoms with Gasteiger partial charge in [-0.2, -0.15) is 0 Å². The summed E-state index contributed by atoms with van der Waals surface area (Å²) < 4.78 is 0. The maximum atomic E-state index is 8.89. The number of hydrogen-bond acceptors (Lipinski definition) is 1. The van der Waals surface area contributed by atoms with E-state index in [2.05, 4.69) is 20.8 Å². The molecule has 0 radical (unpaired) electrons. The molecule has 1 N–H and O–H groups in total. The van der Waals surface area contributed by atoms with Gasteiger partial charge in [0.15, 0.2) is 0 Å². The van der Waals surface area contributed by atoms with Crippen LogP contribution >= 0.6 is 0 Å². The number of rotatable bonds is 4. The second kappa shape index (κ2) is 5.16. The smallest absolute Gasteiger partial charge is 0.0433 e. The molecule has 0 saturated heterocycles. The fourth-order valence-corrected chi connectivity index (χ4v) is 2.70. The summed E-state index contributed by atoms with van der Waals surface area (Å²) in [6.45, 7) is 7.50. The largest absolute Gasteiger partial charge is 0.396 e. The van der Waals surface area contributed by atoms with Crippen molar-refractivity contribution in [1.82, 2.24) is 0 Å². The van der Waals surface area contributed by atoms with E-state index in [1.807, 2.05) is 0 Å². The summed E-state index contributed by atoms with van der Waals surface area (Å²) >= 11 is 0. The molecule has 0 aromatic carbocycles. The maximum Gasteiger partial charge on any atom is 0.0433 e. The molecule has 0 aromatic rings. The van der Waals surface area contributed by atoms with Crippen molar-refractivity contribution in [3.8, 4) is 0 Å². The minimum Gasteiger partial charge on any atom is -0.396 e. The van der Waals surface area contributed by atoms with E-state index in [1.54, 1.807) is 0 Å². The predicted molar refractivity (Wildman–Crippen MR) is 61.2 cm³/mol. The van der Waals surface area contributed by atoms with Gasteiger partial charge in [0.1, 0.15) is 0 Å². The normalized spacial score (nSPS) is 29.1. The van der Waals surface area contributed by atoms with Crippen LogP contribution in [0.3, 0.4) is 0 Å². The van der Waals surface area contributed by atoms with Crippen molar-refractivity contribution in [2.24, 2.45) is 17.3 Å². The van der Waals surface area contributed by atoms with E-state index >= 15 is 0 Å². The molecule has 1 aliphatic rings. The molecular formula is C13H26O. The molecule has 0 atom stereocenters. The maximum absolute atomic E-state index is 8.89. The summed E-state index contributed by atoms with van der Waals surface area (Å²) in [4.78, 5) is 0. The van der Waals surface area contributed by atoms with Gasteiger partial charge in [0.05, 0.1) is 0 Å². The molecule has 84 valence electrons. The number of aliphatic hydroxyl groups is 1. The van der Waals surface area contributed by atoms with E-state index in [-0.39, 0.29) is 0 Å². The van der Waals surface area contributed by atoms with Crippen molar-refractivity contribution in [3.05, 3.63) is 0 Å². The molecule has 0 heterocycles. The van der Waals surface area contributed by atoms with E-state index < -0.39 is 0 Å². The first-order chi connectivity index (χ1) is 6.60. The van der Waals surface area contributed by atoms with Gasteiger partial charge in [0.25, 0.3) is 0 Å². The van der Waals surface area contributed by atoms with E-state index in [4.69, 9.17) is 5.11 Å². The van der Waals surface area contributed by atoms with Crippen molar-refractivity contribution in [3.63, 3.8) is 0 Å². The third-order valence-electron chi connectivity index (χ3n) is 4.40. The third-order valence-corrected chi connectivity index (χ3v) is 4.40. The van der Waals surface area contributed by atoms with Crippen LogP contribution in [0.5, 0.6) is 0 Å². The van der Waals surface area contributed by atoms with Gasteiger partial charge in [-0.3, -0.25) is 0 Å².